The molecule has 0 unspecified atom stereocenters. The van der Waals surface area contributed by atoms with Gasteiger partial charge in [-0.3, -0.25) is 0 Å². The van der Waals surface area contributed by atoms with Crippen LogP contribution < -0.4 is 5.73 Å². The van der Waals surface area contributed by atoms with E-state index in [1.165, 1.54) is 6.07 Å². The van der Waals surface area contributed by atoms with E-state index in [2.05, 4.69) is 0 Å². The number of nitrogens with two attached hydrogens (primary N) is 1. The van der Waals surface area contributed by atoms with Gasteiger partial charge in [0.1, 0.15) is 5.76 Å². The first-order chi connectivity index (χ1) is 7.72. The molecule has 0 atom stereocenters. The Morgan fingerprint density at radius 3 is 2.62 bits per heavy atom. The Hall–Kier alpha value is -2.07. The quantitative estimate of drug-likeness (QED) is 0.825. The molecule has 0 bridgehead atoms. The Morgan fingerprint density at radius 2 is 2.00 bits per heavy atom. The van der Waals surface area contributed by atoms with Gasteiger partial charge in [-0.05, 0) is 17.7 Å². The van der Waals surface area contributed by atoms with Gasteiger partial charge in [-0.25, -0.2) is 4.79 Å². The average molecular weight is 217 g/mol. The molecule has 0 aliphatic heterocycles. The van der Waals surface area contributed by atoms with Crippen LogP contribution in [-0.2, 0) is 6.54 Å². The summed E-state index contributed by atoms with van der Waals surface area (Å²) in [5.74, 6) is -0.614. The minimum Gasteiger partial charge on any atom is -0.475 e. The van der Waals surface area contributed by atoms with Gasteiger partial charge in [0, 0.05) is 12.1 Å². The first-order valence-electron chi connectivity index (χ1n) is 4.84. The Balaban J connectivity index is 2.46. The van der Waals surface area contributed by atoms with Crippen LogP contribution in [0.4, 0.5) is 0 Å². The lowest BCUT2D eigenvalue weighted by molar-refractivity contribution is 0.0663. The third kappa shape index (κ3) is 1.83. The van der Waals surface area contributed by atoms with Crippen LogP contribution >= 0.6 is 0 Å². The van der Waals surface area contributed by atoms with Gasteiger partial charge >= 0.3 is 5.97 Å². The molecule has 2 rings (SSSR count). The van der Waals surface area contributed by atoms with E-state index in [0.717, 1.165) is 11.1 Å². The van der Waals surface area contributed by atoms with Crippen molar-refractivity contribution >= 4 is 5.97 Å². The maximum absolute atomic E-state index is 10.7. The topological polar surface area (TPSA) is 76.5 Å². The lowest BCUT2D eigenvalue weighted by Gasteiger charge is -2.03. The van der Waals surface area contributed by atoms with Gasteiger partial charge in [-0.1, -0.05) is 24.3 Å². The molecule has 0 saturated heterocycles. The zero-order valence-electron chi connectivity index (χ0n) is 8.51. The Kier molecular flexibility index (Phi) is 2.74. The fourth-order valence-corrected chi connectivity index (χ4v) is 1.54. The third-order valence-electron chi connectivity index (χ3n) is 2.32. The van der Waals surface area contributed by atoms with Crippen LogP contribution in [0.25, 0.3) is 11.3 Å². The summed E-state index contributed by atoms with van der Waals surface area (Å²) in [6.07, 6.45) is 0. The van der Waals surface area contributed by atoms with Crippen molar-refractivity contribution in [1.82, 2.24) is 0 Å². The monoisotopic (exact) mass is 217 g/mol. The van der Waals surface area contributed by atoms with Crippen LogP contribution in [0.3, 0.4) is 0 Å². The lowest BCUT2D eigenvalue weighted by Crippen LogP contribution is -1.98. The number of carbonyl (C=O) groups is 1. The molecular formula is C12H11NO3. The Labute approximate surface area is 92.3 Å². The minimum absolute atomic E-state index is 0.0678. The summed E-state index contributed by atoms with van der Waals surface area (Å²) in [5, 5.41) is 8.75. The molecule has 0 spiro atoms. The van der Waals surface area contributed by atoms with Crippen LogP contribution in [0, 0.1) is 0 Å². The molecule has 2 aromatic rings. The first kappa shape index (κ1) is 10.4. The SMILES string of the molecule is NCc1ccccc1-c1ccc(C(=O)O)o1. The van der Waals surface area contributed by atoms with Gasteiger partial charge in [0.05, 0.1) is 0 Å². The predicted molar refractivity (Wildman–Crippen MR) is 59.0 cm³/mol. The summed E-state index contributed by atoms with van der Waals surface area (Å²) in [4.78, 5) is 10.7. The van der Waals surface area contributed by atoms with E-state index in [1.54, 1.807) is 6.07 Å². The highest BCUT2D eigenvalue weighted by Crippen LogP contribution is 2.25. The summed E-state index contributed by atoms with van der Waals surface area (Å²) in [5.41, 5.74) is 7.35. The summed E-state index contributed by atoms with van der Waals surface area (Å²) in [7, 11) is 0. The maximum atomic E-state index is 10.7. The van der Waals surface area contributed by atoms with E-state index in [9.17, 15) is 4.79 Å². The lowest BCUT2D eigenvalue weighted by atomic mass is 10.1. The Morgan fingerprint density at radius 1 is 1.25 bits per heavy atom. The normalized spacial score (nSPS) is 10.3. The van der Waals surface area contributed by atoms with Crippen molar-refractivity contribution in [2.24, 2.45) is 5.73 Å². The highest BCUT2D eigenvalue weighted by Gasteiger charge is 2.11. The number of furan rings is 1. The van der Waals surface area contributed by atoms with Crippen molar-refractivity contribution < 1.29 is 14.3 Å². The number of hydrogen-bond acceptors (Lipinski definition) is 3. The van der Waals surface area contributed by atoms with Crippen molar-refractivity contribution in [1.29, 1.82) is 0 Å². The van der Waals surface area contributed by atoms with E-state index in [4.69, 9.17) is 15.3 Å². The molecule has 0 saturated carbocycles. The molecule has 0 radical (unpaired) electrons. The zero-order chi connectivity index (χ0) is 11.5. The maximum Gasteiger partial charge on any atom is 0.371 e. The van der Waals surface area contributed by atoms with E-state index < -0.39 is 5.97 Å². The highest BCUT2D eigenvalue weighted by molar-refractivity contribution is 5.85. The molecule has 1 aromatic heterocycles. The smallest absolute Gasteiger partial charge is 0.371 e. The summed E-state index contributed by atoms with van der Waals surface area (Å²) < 4.78 is 5.22. The molecule has 4 nitrogen and oxygen atoms in total. The second kappa shape index (κ2) is 4.20. The number of carboxylic acid groups (broad SMARTS) is 1. The second-order valence-corrected chi connectivity index (χ2v) is 3.33. The predicted octanol–water partition coefficient (Wildman–Crippen LogP) is 2.10. The standard InChI is InChI=1S/C12H11NO3/c13-7-8-3-1-2-4-9(8)10-5-6-11(16-10)12(14)15/h1-6H,7,13H2,(H,14,15). The number of aromatic carboxylic acids is 1. The molecule has 0 aliphatic carbocycles. The van der Waals surface area contributed by atoms with Crippen molar-refractivity contribution in [3.05, 3.63) is 47.7 Å². The van der Waals surface area contributed by atoms with Gasteiger partial charge in [0.15, 0.2) is 0 Å². The van der Waals surface area contributed by atoms with Crippen molar-refractivity contribution in [3.63, 3.8) is 0 Å². The van der Waals surface area contributed by atoms with Gasteiger partial charge < -0.3 is 15.3 Å². The highest BCUT2D eigenvalue weighted by atomic mass is 16.4. The molecule has 0 aliphatic rings. The molecule has 0 amide bonds. The summed E-state index contributed by atoms with van der Waals surface area (Å²) in [6.45, 7) is 0.388. The van der Waals surface area contributed by atoms with E-state index >= 15 is 0 Å². The van der Waals surface area contributed by atoms with Gasteiger partial charge in [-0.15, -0.1) is 0 Å². The van der Waals surface area contributed by atoms with Crippen LogP contribution in [0.15, 0.2) is 40.8 Å². The van der Waals surface area contributed by atoms with Crippen molar-refractivity contribution in [2.75, 3.05) is 0 Å². The molecule has 82 valence electrons. The molecule has 1 aromatic carbocycles. The molecule has 0 fully saturated rings. The van der Waals surface area contributed by atoms with Gasteiger partial charge in [-0.2, -0.15) is 0 Å². The fourth-order valence-electron chi connectivity index (χ4n) is 1.54. The fraction of sp³-hybridized carbons (Fsp3) is 0.0833. The first-order valence-corrected chi connectivity index (χ1v) is 4.84. The number of benzene rings is 1. The van der Waals surface area contributed by atoms with E-state index in [1.807, 2.05) is 24.3 Å². The summed E-state index contributed by atoms with van der Waals surface area (Å²) >= 11 is 0. The third-order valence-corrected chi connectivity index (χ3v) is 2.32. The average Bonchev–Trinajstić information content (AvgIpc) is 2.78. The summed E-state index contributed by atoms with van der Waals surface area (Å²) in [6, 6.07) is 10.6. The molecule has 3 N–H and O–H groups in total. The minimum atomic E-state index is -1.07. The van der Waals surface area contributed by atoms with Gasteiger partial charge in [0.2, 0.25) is 5.76 Å². The second-order valence-electron chi connectivity index (χ2n) is 3.33. The van der Waals surface area contributed by atoms with Crippen LogP contribution in [0.2, 0.25) is 0 Å². The van der Waals surface area contributed by atoms with E-state index in [-0.39, 0.29) is 5.76 Å². The number of hydrogen-bond donors (Lipinski definition) is 2. The molecule has 1 heterocycles. The molecule has 4 heteroatoms. The number of carboxylic acids is 1. The largest absolute Gasteiger partial charge is 0.475 e. The van der Waals surface area contributed by atoms with Crippen LogP contribution in [-0.4, -0.2) is 11.1 Å². The molecule has 16 heavy (non-hydrogen) atoms. The van der Waals surface area contributed by atoms with Crippen molar-refractivity contribution in [2.45, 2.75) is 6.54 Å². The molecular weight excluding hydrogens is 206 g/mol. The Bertz CT molecular complexity index is 516. The van der Waals surface area contributed by atoms with Crippen LogP contribution in [0.5, 0.6) is 0 Å². The van der Waals surface area contributed by atoms with Crippen molar-refractivity contribution in [3.8, 4) is 11.3 Å². The van der Waals surface area contributed by atoms with E-state index in [0.29, 0.717) is 12.3 Å². The van der Waals surface area contributed by atoms with Gasteiger partial charge in [0.25, 0.3) is 0 Å². The van der Waals surface area contributed by atoms with Crippen LogP contribution in [0.1, 0.15) is 16.1 Å². The zero-order valence-corrected chi connectivity index (χ0v) is 8.51. The number of rotatable bonds is 3.